The molecule has 0 rings (SSSR count). The van der Waals surface area contributed by atoms with Crippen LogP contribution in [0.25, 0.3) is 0 Å². The molecule has 0 fully saturated rings. The van der Waals surface area contributed by atoms with Crippen LogP contribution in [0.3, 0.4) is 0 Å². The van der Waals surface area contributed by atoms with Crippen LogP contribution in [-0.2, 0) is 19.4 Å². The Morgan fingerprint density at radius 1 is 0.500 bits per heavy atom. The van der Waals surface area contributed by atoms with Gasteiger partial charge in [0, 0.05) is 0 Å². The van der Waals surface area contributed by atoms with Crippen LogP contribution in [0.4, 0.5) is 0 Å². The molecule has 0 atom stereocenters. The number of rotatable bonds is 16. The third kappa shape index (κ3) is 17.3. The van der Waals surface area contributed by atoms with Crippen molar-refractivity contribution in [3.8, 4) is 0 Å². The predicted octanol–water partition coefficient (Wildman–Crippen LogP) is 6.27. The Balaban J connectivity index is 3.34. The van der Waals surface area contributed by atoms with E-state index in [1.54, 1.807) is 0 Å². The first-order valence-corrected chi connectivity index (χ1v) is 10.1. The van der Waals surface area contributed by atoms with Crippen molar-refractivity contribution >= 4 is 11.9 Å². The zero-order valence-corrected chi connectivity index (χ0v) is 15.9. The molecule has 0 aliphatic heterocycles. The van der Waals surface area contributed by atoms with E-state index in [0.717, 1.165) is 38.5 Å². The second-order valence-corrected chi connectivity index (χ2v) is 6.65. The van der Waals surface area contributed by atoms with Crippen molar-refractivity contribution in [1.82, 2.24) is 0 Å². The molecule has 0 saturated carbocycles. The molecular formula is C20H38O4. The molecule has 0 heterocycles. The summed E-state index contributed by atoms with van der Waals surface area (Å²) in [5, 5.41) is 0. The van der Waals surface area contributed by atoms with Gasteiger partial charge in [-0.15, -0.1) is 0 Å². The largest absolute Gasteiger partial charge is 0.355 e. The lowest BCUT2D eigenvalue weighted by Crippen LogP contribution is -2.11. The third-order valence-corrected chi connectivity index (χ3v) is 4.20. The Kier molecular flexibility index (Phi) is 17.5. The van der Waals surface area contributed by atoms with Gasteiger partial charge in [0.05, 0.1) is 12.8 Å². The number of carbonyl (C=O) groups excluding carboxylic acids is 2. The lowest BCUT2D eigenvalue weighted by Gasteiger charge is -2.04. The SMILES string of the molecule is CCCCCCCCCC(=O)OOC(=O)CCCCCCCCC. The molecule has 0 saturated heterocycles. The summed E-state index contributed by atoms with van der Waals surface area (Å²) >= 11 is 0. The first-order valence-electron chi connectivity index (χ1n) is 10.1. The van der Waals surface area contributed by atoms with Gasteiger partial charge in [-0.2, -0.15) is 0 Å². The normalized spacial score (nSPS) is 10.6. The highest BCUT2D eigenvalue weighted by atomic mass is 17.2. The van der Waals surface area contributed by atoms with Crippen LogP contribution in [0.15, 0.2) is 0 Å². The number of unbranched alkanes of at least 4 members (excludes halogenated alkanes) is 12. The summed E-state index contributed by atoms with van der Waals surface area (Å²) < 4.78 is 0. The number of carbonyl (C=O) groups is 2. The lowest BCUT2D eigenvalue weighted by molar-refractivity contribution is -0.259. The van der Waals surface area contributed by atoms with Crippen LogP contribution in [0.2, 0.25) is 0 Å². The maximum Gasteiger partial charge on any atom is 0.355 e. The van der Waals surface area contributed by atoms with Crippen molar-refractivity contribution in [1.29, 1.82) is 0 Å². The molecule has 4 nitrogen and oxygen atoms in total. The minimum atomic E-state index is -0.434. The quantitative estimate of drug-likeness (QED) is 0.188. The minimum Gasteiger partial charge on any atom is -0.247 e. The number of hydrogen-bond acceptors (Lipinski definition) is 4. The first kappa shape index (κ1) is 22.9. The van der Waals surface area contributed by atoms with Crippen LogP contribution in [0, 0.1) is 0 Å². The average molecular weight is 343 g/mol. The minimum absolute atomic E-state index is 0.332. The molecule has 0 aromatic rings. The zero-order chi connectivity index (χ0) is 17.9. The van der Waals surface area contributed by atoms with E-state index in [4.69, 9.17) is 0 Å². The molecule has 0 N–H and O–H groups in total. The van der Waals surface area contributed by atoms with E-state index in [1.807, 2.05) is 0 Å². The summed E-state index contributed by atoms with van der Waals surface area (Å²) in [6.07, 6.45) is 16.7. The molecule has 0 aliphatic rings. The fraction of sp³-hybridized carbons (Fsp3) is 0.900. The van der Waals surface area contributed by atoms with Gasteiger partial charge in [-0.25, -0.2) is 19.4 Å². The Labute approximate surface area is 148 Å². The second kappa shape index (κ2) is 18.3. The van der Waals surface area contributed by atoms with Gasteiger partial charge in [-0.05, 0) is 12.8 Å². The Morgan fingerprint density at radius 3 is 1.12 bits per heavy atom. The molecule has 0 radical (unpaired) electrons. The molecule has 0 unspecified atom stereocenters. The molecular weight excluding hydrogens is 304 g/mol. The summed E-state index contributed by atoms with van der Waals surface area (Å²) in [4.78, 5) is 32.1. The Hall–Kier alpha value is -1.06. The standard InChI is InChI=1S/C20H38O4/c1-3-5-7-9-11-13-15-17-19(21)23-24-20(22)18-16-14-12-10-8-6-4-2/h3-18H2,1-2H3. The Bertz CT molecular complexity index is 272. The smallest absolute Gasteiger partial charge is 0.247 e. The van der Waals surface area contributed by atoms with Crippen LogP contribution in [0.5, 0.6) is 0 Å². The summed E-state index contributed by atoms with van der Waals surface area (Å²) in [6.45, 7) is 4.40. The predicted molar refractivity (Wildman–Crippen MR) is 97.4 cm³/mol. The average Bonchev–Trinajstić information content (AvgIpc) is 2.58. The van der Waals surface area contributed by atoms with Crippen molar-refractivity contribution in [2.45, 2.75) is 117 Å². The third-order valence-electron chi connectivity index (χ3n) is 4.20. The van der Waals surface area contributed by atoms with E-state index in [1.165, 1.54) is 51.4 Å². The highest BCUT2D eigenvalue weighted by molar-refractivity contribution is 5.72. The van der Waals surface area contributed by atoms with E-state index < -0.39 is 11.9 Å². The van der Waals surface area contributed by atoms with Crippen molar-refractivity contribution in [3.05, 3.63) is 0 Å². The molecule has 24 heavy (non-hydrogen) atoms. The van der Waals surface area contributed by atoms with Gasteiger partial charge >= 0.3 is 11.9 Å². The highest BCUT2D eigenvalue weighted by Gasteiger charge is 2.09. The summed E-state index contributed by atoms with van der Waals surface area (Å²) in [5.41, 5.74) is 0. The van der Waals surface area contributed by atoms with Gasteiger partial charge in [0.2, 0.25) is 0 Å². The van der Waals surface area contributed by atoms with E-state index >= 15 is 0 Å². The molecule has 0 aliphatic carbocycles. The van der Waals surface area contributed by atoms with Crippen LogP contribution in [0.1, 0.15) is 117 Å². The second-order valence-electron chi connectivity index (χ2n) is 6.65. The molecule has 142 valence electrons. The zero-order valence-electron chi connectivity index (χ0n) is 15.9. The summed E-state index contributed by atoms with van der Waals surface area (Å²) in [5.74, 6) is -0.868. The molecule has 0 bridgehead atoms. The van der Waals surface area contributed by atoms with Crippen molar-refractivity contribution in [3.63, 3.8) is 0 Å². The first-order chi connectivity index (χ1) is 11.7. The fourth-order valence-corrected chi connectivity index (χ4v) is 2.63. The molecule has 0 amide bonds. The summed E-state index contributed by atoms with van der Waals surface area (Å²) in [6, 6.07) is 0. The maximum atomic E-state index is 11.5. The van der Waals surface area contributed by atoms with Crippen LogP contribution in [-0.4, -0.2) is 11.9 Å². The van der Waals surface area contributed by atoms with Gasteiger partial charge in [0.15, 0.2) is 0 Å². The van der Waals surface area contributed by atoms with Crippen LogP contribution >= 0.6 is 0 Å². The fourth-order valence-electron chi connectivity index (χ4n) is 2.63. The van der Waals surface area contributed by atoms with Crippen LogP contribution < -0.4 is 0 Å². The topological polar surface area (TPSA) is 52.6 Å². The van der Waals surface area contributed by atoms with Crippen molar-refractivity contribution in [2.75, 3.05) is 0 Å². The number of hydrogen-bond donors (Lipinski definition) is 0. The molecule has 4 heteroatoms. The maximum absolute atomic E-state index is 11.5. The van der Waals surface area contributed by atoms with Gasteiger partial charge in [0.1, 0.15) is 0 Å². The highest BCUT2D eigenvalue weighted by Crippen LogP contribution is 2.10. The van der Waals surface area contributed by atoms with Gasteiger partial charge in [-0.1, -0.05) is 90.9 Å². The van der Waals surface area contributed by atoms with E-state index in [0.29, 0.717) is 12.8 Å². The van der Waals surface area contributed by atoms with Gasteiger partial charge in [-0.3, -0.25) is 0 Å². The van der Waals surface area contributed by atoms with Gasteiger partial charge < -0.3 is 0 Å². The van der Waals surface area contributed by atoms with Gasteiger partial charge in [0.25, 0.3) is 0 Å². The van der Waals surface area contributed by atoms with Crippen molar-refractivity contribution < 1.29 is 19.4 Å². The molecule has 0 aromatic heterocycles. The van der Waals surface area contributed by atoms with E-state index in [-0.39, 0.29) is 0 Å². The monoisotopic (exact) mass is 342 g/mol. The van der Waals surface area contributed by atoms with E-state index in [2.05, 4.69) is 23.6 Å². The van der Waals surface area contributed by atoms with E-state index in [9.17, 15) is 9.59 Å². The Morgan fingerprint density at radius 2 is 0.792 bits per heavy atom. The van der Waals surface area contributed by atoms with Crippen molar-refractivity contribution in [2.24, 2.45) is 0 Å². The lowest BCUT2D eigenvalue weighted by atomic mass is 10.1. The molecule has 0 aromatic carbocycles. The molecule has 0 spiro atoms. The summed E-state index contributed by atoms with van der Waals surface area (Å²) in [7, 11) is 0.